The minimum atomic E-state index is -0.459. The van der Waals surface area contributed by atoms with Crippen molar-refractivity contribution in [1.29, 1.82) is 0 Å². The summed E-state index contributed by atoms with van der Waals surface area (Å²) in [5.74, 6) is -0.134. The lowest BCUT2D eigenvalue weighted by atomic mass is 9.87. The Bertz CT molecular complexity index is 586. The van der Waals surface area contributed by atoms with Crippen molar-refractivity contribution in [3.8, 4) is 0 Å². The molecule has 2 rings (SSSR count). The summed E-state index contributed by atoms with van der Waals surface area (Å²) in [6.45, 7) is 6.61. The average Bonchev–Trinajstić information content (AvgIpc) is 3.36. The van der Waals surface area contributed by atoms with E-state index in [1.54, 1.807) is 19.2 Å². The quantitative estimate of drug-likeness (QED) is 0.836. The fraction of sp³-hybridized carbons (Fsp3) is 0.579. The number of rotatable bonds is 6. The average molecular weight is 332 g/mol. The van der Waals surface area contributed by atoms with Gasteiger partial charge in [-0.2, -0.15) is 0 Å². The molecule has 0 heterocycles. The van der Waals surface area contributed by atoms with E-state index < -0.39 is 6.10 Å². The van der Waals surface area contributed by atoms with E-state index in [1.165, 1.54) is 4.90 Å². The molecule has 0 aliphatic heterocycles. The highest BCUT2D eigenvalue weighted by Gasteiger charge is 2.31. The summed E-state index contributed by atoms with van der Waals surface area (Å²) in [4.78, 5) is 25.7. The van der Waals surface area contributed by atoms with E-state index in [1.807, 2.05) is 12.1 Å². The van der Waals surface area contributed by atoms with Crippen LogP contribution in [0, 0.1) is 5.92 Å². The summed E-state index contributed by atoms with van der Waals surface area (Å²) in [6.07, 6.45) is 1.61. The van der Waals surface area contributed by atoms with Gasteiger partial charge in [-0.15, -0.1) is 0 Å². The summed E-state index contributed by atoms with van der Waals surface area (Å²) >= 11 is 0. The Balaban J connectivity index is 1.82. The van der Waals surface area contributed by atoms with Gasteiger partial charge in [0, 0.05) is 19.2 Å². The minimum absolute atomic E-state index is 0.0378. The second-order valence-electron chi connectivity index (χ2n) is 7.69. The Morgan fingerprint density at radius 3 is 2.33 bits per heavy atom. The van der Waals surface area contributed by atoms with Gasteiger partial charge in [-0.25, -0.2) is 0 Å². The number of nitrogens with one attached hydrogen (secondary N) is 1. The molecule has 24 heavy (non-hydrogen) atoms. The largest absolute Gasteiger partial charge is 0.391 e. The Kier molecular flexibility index (Phi) is 5.65. The molecule has 1 saturated carbocycles. The van der Waals surface area contributed by atoms with E-state index in [9.17, 15) is 14.7 Å². The van der Waals surface area contributed by atoms with Gasteiger partial charge >= 0.3 is 0 Å². The van der Waals surface area contributed by atoms with Crippen molar-refractivity contribution < 1.29 is 14.7 Å². The zero-order valence-electron chi connectivity index (χ0n) is 15.0. The topological polar surface area (TPSA) is 69.6 Å². The van der Waals surface area contributed by atoms with Crippen LogP contribution in [0.4, 0.5) is 0 Å². The number of carbonyl (C=O) groups is 2. The predicted molar refractivity (Wildman–Crippen MR) is 93.8 cm³/mol. The number of nitrogens with zero attached hydrogens (tertiary/aromatic N) is 1. The fourth-order valence-electron chi connectivity index (χ4n) is 2.53. The monoisotopic (exact) mass is 332 g/mol. The first-order chi connectivity index (χ1) is 11.2. The van der Waals surface area contributed by atoms with Crippen molar-refractivity contribution in [3.05, 3.63) is 35.4 Å². The number of likely N-dealkylation sites (N-methyl/N-ethyl adjacent to an activating group) is 1. The van der Waals surface area contributed by atoms with Crippen LogP contribution in [0.3, 0.4) is 0 Å². The first kappa shape index (κ1) is 18.5. The summed E-state index contributed by atoms with van der Waals surface area (Å²) in [6, 6.07) is 7.44. The van der Waals surface area contributed by atoms with Gasteiger partial charge in [0.2, 0.25) is 5.91 Å². The third-order valence-corrected chi connectivity index (χ3v) is 4.47. The molecule has 0 aromatic heterocycles. The van der Waals surface area contributed by atoms with Crippen molar-refractivity contribution in [2.24, 2.45) is 5.92 Å². The molecule has 1 aromatic rings. The molecule has 1 aromatic carbocycles. The number of aliphatic hydroxyl groups is 1. The van der Waals surface area contributed by atoms with Crippen LogP contribution in [0.5, 0.6) is 0 Å². The molecular formula is C19H28N2O3. The number of carbonyl (C=O) groups excluding carboxylic acids is 2. The summed E-state index contributed by atoms with van der Waals surface area (Å²) in [5, 5.41) is 12.5. The highest BCUT2D eigenvalue weighted by molar-refractivity contribution is 5.96. The predicted octanol–water partition coefficient (Wildman–Crippen LogP) is 1.94. The Hall–Kier alpha value is -1.88. The molecule has 1 atom stereocenters. The zero-order chi connectivity index (χ0) is 17.9. The van der Waals surface area contributed by atoms with Gasteiger partial charge in [-0.1, -0.05) is 32.9 Å². The van der Waals surface area contributed by atoms with Gasteiger partial charge in [0.25, 0.3) is 5.91 Å². The second kappa shape index (κ2) is 7.34. The lowest BCUT2D eigenvalue weighted by Gasteiger charge is -2.21. The van der Waals surface area contributed by atoms with Crippen LogP contribution in [0.1, 0.15) is 49.5 Å². The molecule has 2 amide bonds. The van der Waals surface area contributed by atoms with Crippen molar-refractivity contribution >= 4 is 11.8 Å². The lowest BCUT2D eigenvalue weighted by molar-refractivity contribution is -0.130. The second-order valence-corrected chi connectivity index (χ2v) is 7.69. The van der Waals surface area contributed by atoms with Crippen molar-refractivity contribution in [1.82, 2.24) is 10.2 Å². The number of hydrogen-bond acceptors (Lipinski definition) is 3. The van der Waals surface area contributed by atoms with Crippen molar-refractivity contribution in [2.45, 2.75) is 45.1 Å². The van der Waals surface area contributed by atoms with Crippen molar-refractivity contribution in [3.63, 3.8) is 0 Å². The Morgan fingerprint density at radius 2 is 1.83 bits per heavy atom. The van der Waals surface area contributed by atoms with Crippen LogP contribution in [0.15, 0.2) is 24.3 Å². The van der Waals surface area contributed by atoms with Gasteiger partial charge in [0.05, 0.1) is 12.6 Å². The summed E-state index contributed by atoms with van der Waals surface area (Å²) in [5.41, 5.74) is 1.73. The molecular weight excluding hydrogens is 304 g/mol. The van der Waals surface area contributed by atoms with Gasteiger partial charge in [-0.3, -0.25) is 9.59 Å². The minimum Gasteiger partial charge on any atom is -0.391 e. The van der Waals surface area contributed by atoms with E-state index in [0.717, 1.165) is 18.4 Å². The maximum atomic E-state index is 12.1. The SMILES string of the molecule is CN(CC(O)C1CC1)C(=O)CNC(=O)c1ccc(C(C)(C)C)cc1. The molecule has 5 heteroatoms. The molecule has 1 aliphatic carbocycles. The molecule has 0 saturated heterocycles. The maximum Gasteiger partial charge on any atom is 0.251 e. The van der Waals surface area contributed by atoms with Gasteiger partial charge in [-0.05, 0) is 41.9 Å². The van der Waals surface area contributed by atoms with Gasteiger partial charge in [0.1, 0.15) is 0 Å². The molecule has 0 bridgehead atoms. The third kappa shape index (κ3) is 5.06. The van der Waals surface area contributed by atoms with E-state index in [-0.39, 0.29) is 23.8 Å². The zero-order valence-corrected chi connectivity index (χ0v) is 15.0. The van der Waals surface area contributed by atoms with Crippen LogP contribution in [-0.4, -0.2) is 48.1 Å². The van der Waals surface area contributed by atoms with Crippen LogP contribution in [0.25, 0.3) is 0 Å². The van der Waals surface area contributed by atoms with Crippen LogP contribution in [0.2, 0.25) is 0 Å². The van der Waals surface area contributed by atoms with Crippen LogP contribution < -0.4 is 5.32 Å². The fourth-order valence-corrected chi connectivity index (χ4v) is 2.53. The van der Waals surface area contributed by atoms with Crippen LogP contribution >= 0.6 is 0 Å². The molecule has 0 spiro atoms. The lowest BCUT2D eigenvalue weighted by Crippen LogP contribution is -2.41. The molecule has 5 nitrogen and oxygen atoms in total. The third-order valence-electron chi connectivity index (χ3n) is 4.47. The number of aliphatic hydroxyl groups excluding tert-OH is 1. The van der Waals surface area contributed by atoms with Gasteiger partial charge < -0.3 is 15.3 Å². The van der Waals surface area contributed by atoms with E-state index >= 15 is 0 Å². The van der Waals surface area contributed by atoms with E-state index in [2.05, 4.69) is 26.1 Å². The Morgan fingerprint density at radius 1 is 1.25 bits per heavy atom. The highest BCUT2D eigenvalue weighted by Crippen LogP contribution is 2.32. The molecule has 0 radical (unpaired) electrons. The van der Waals surface area contributed by atoms with Crippen LogP contribution in [-0.2, 0) is 10.2 Å². The number of hydrogen-bond donors (Lipinski definition) is 2. The number of benzene rings is 1. The molecule has 1 aliphatic rings. The smallest absolute Gasteiger partial charge is 0.251 e. The molecule has 2 N–H and O–H groups in total. The molecule has 1 unspecified atom stereocenters. The van der Waals surface area contributed by atoms with E-state index in [4.69, 9.17) is 0 Å². The van der Waals surface area contributed by atoms with Gasteiger partial charge in [0.15, 0.2) is 0 Å². The maximum absolute atomic E-state index is 12.1. The summed E-state index contributed by atoms with van der Waals surface area (Å²) in [7, 11) is 1.65. The number of amides is 2. The standard InChI is InChI=1S/C19H28N2O3/c1-19(2,3)15-9-7-14(8-10-15)18(24)20-11-17(23)21(4)12-16(22)13-5-6-13/h7-10,13,16,22H,5-6,11-12H2,1-4H3,(H,20,24). The molecule has 132 valence electrons. The highest BCUT2D eigenvalue weighted by atomic mass is 16.3. The normalized spacial score (nSPS) is 15.7. The molecule has 1 fully saturated rings. The Labute approximate surface area is 144 Å². The first-order valence-corrected chi connectivity index (χ1v) is 8.49. The first-order valence-electron chi connectivity index (χ1n) is 8.49. The summed E-state index contributed by atoms with van der Waals surface area (Å²) < 4.78 is 0. The van der Waals surface area contributed by atoms with Crippen molar-refractivity contribution in [2.75, 3.05) is 20.1 Å². The van der Waals surface area contributed by atoms with E-state index in [0.29, 0.717) is 18.0 Å².